The van der Waals surface area contributed by atoms with Gasteiger partial charge in [-0.25, -0.2) is 13.1 Å². The number of halogens is 4. The quantitative estimate of drug-likeness (QED) is 0.304. The van der Waals surface area contributed by atoms with Gasteiger partial charge in [-0.2, -0.15) is 18.2 Å². The lowest BCUT2D eigenvalue weighted by atomic mass is 10.1. The van der Waals surface area contributed by atoms with Crippen LogP contribution in [0, 0.1) is 0 Å². The fourth-order valence-corrected chi connectivity index (χ4v) is 4.41. The fraction of sp³-hybridized carbons (Fsp3) is 0.167. The Labute approximate surface area is 210 Å². The lowest BCUT2D eigenvalue weighted by Gasteiger charge is -2.11. The molecule has 0 amide bonds. The summed E-state index contributed by atoms with van der Waals surface area (Å²) in [6, 6.07) is 16.6. The fourth-order valence-electron chi connectivity index (χ4n) is 3.23. The van der Waals surface area contributed by atoms with E-state index < -0.39 is 21.8 Å². The molecule has 7 nitrogen and oxygen atoms in total. The van der Waals surface area contributed by atoms with Crippen molar-refractivity contribution in [1.82, 2.24) is 14.8 Å². The van der Waals surface area contributed by atoms with E-state index in [0.29, 0.717) is 22.0 Å². The molecule has 0 spiro atoms. The first kappa shape index (κ1) is 25.5. The molecule has 12 heteroatoms. The number of nitrogens with zero attached hydrogens (tertiary/aromatic N) is 3. The highest BCUT2D eigenvalue weighted by atomic mass is 35.5. The Kier molecular flexibility index (Phi) is 6.96. The minimum atomic E-state index is -4.46. The molecule has 4 aromatic rings. The third kappa shape index (κ3) is 5.80. The van der Waals surface area contributed by atoms with Crippen molar-refractivity contribution >= 4 is 27.3 Å². The molecular weight excluding hydrogens is 517 g/mol. The van der Waals surface area contributed by atoms with E-state index in [4.69, 9.17) is 16.3 Å². The van der Waals surface area contributed by atoms with Crippen LogP contribution in [-0.4, -0.2) is 29.3 Å². The van der Waals surface area contributed by atoms with Gasteiger partial charge in [0.2, 0.25) is 0 Å². The SMILES string of the molecule is CC(C)Oc1nc(-c2ccc(C(F)(F)F)cc2)n(-c2ccc(NS(=O)(=O)c3ccc(Cl)cc3)cc2)n1. The molecule has 1 aromatic heterocycles. The van der Waals surface area contributed by atoms with Gasteiger partial charge in [0, 0.05) is 16.3 Å². The summed E-state index contributed by atoms with van der Waals surface area (Å²) < 4.78 is 73.7. The van der Waals surface area contributed by atoms with Crippen molar-refractivity contribution < 1.29 is 26.3 Å². The number of sulfonamides is 1. The molecular formula is C24H20ClF3N4O3S. The summed E-state index contributed by atoms with van der Waals surface area (Å²) in [5.41, 5.74) is 0.393. The van der Waals surface area contributed by atoms with Gasteiger partial charge in [-0.15, -0.1) is 5.10 Å². The van der Waals surface area contributed by atoms with Crippen molar-refractivity contribution in [3.63, 3.8) is 0 Å². The number of ether oxygens (including phenoxy) is 1. The zero-order valence-corrected chi connectivity index (χ0v) is 20.6. The van der Waals surface area contributed by atoms with Crippen LogP contribution in [0.4, 0.5) is 18.9 Å². The molecule has 0 bridgehead atoms. The maximum absolute atomic E-state index is 13.0. The average Bonchev–Trinajstić information content (AvgIpc) is 3.22. The molecule has 0 aliphatic carbocycles. The Bertz CT molecular complexity index is 1450. The maximum Gasteiger partial charge on any atom is 0.416 e. The van der Waals surface area contributed by atoms with Gasteiger partial charge in [0.05, 0.1) is 22.3 Å². The second-order valence-corrected chi connectivity index (χ2v) is 10.1. The van der Waals surface area contributed by atoms with E-state index in [1.54, 1.807) is 26.0 Å². The average molecular weight is 537 g/mol. The molecule has 0 radical (unpaired) electrons. The summed E-state index contributed by atoms with van der Waals surface area (Å²) >= 11 is 5.82. The molecule has 0 saturated heterocycles. The second-order valence-electron chi connectivity index (χ2n) is 7.98. The monoisotopic (exact) mass is 536 g/mol. The Balaban J connectivity index is 1.65. The molecule has 36 heavy (non-hydrogen) atoms. The molecule has 0 aliphatic rings. The molecule has 0 aliphatic heterocycles. The predicted molar refractivity (Wildman–Crippen MR) is 130 cm³/mol. The highest BCUT2D eigenvalue weighted by Gasteiger charge is 2.30. The van der Waals surface area contributed by atoms with E-state index in [2.05, 4.69) is 14.8 Å². The first-order chi connectivity index (χ1) is 16.9. The van der Waals surface area contributed by atoms with Crippen molar-refractivity contribution in [3.8, 4) is 23.1 Å². The molecule has 1 heterocycles. The number of benzene rings is 3. The summed E-state index contributed by atoms with van der Waals surface area (Å²) in [4.78, 5) is 4.39. The summed E-state index contributed by atoms with van der Waals surface area (Å²) in [5.74, 6) is 0.258. The summed E-state index contributed by atoms with van der Waals surface area (Å²) in [5, 5.41) is 4.75. The number of anilines is 1. The normalized spacial score (nSPS) is 12.1. The van der Waals surface area contributed by atoms with E-state index >= 15 is 0 Å². The molecule has 4 rings (SSSR count). The molecule has 3 aromatic carbocycles. The van der Waals surface area contributed by atoms with E-state index in [0.717, 1.165) is 12.1 Å². The molecule has 1 N–H and O–H groups in total. The van der Waals surface area contributed by atoms with Gasteiger partial charge in [0.15, 0.2) is 5.82 Å². The van der Waals surface area contributed by atoms with E-state index in [-0.39, 0.29) is 22.8 Å². The van der Waals surface area contributed by atoms with Crippen molar-refractivity contribution in [2.75, 3.05) is 4.72 Å². The highest BCUT2D eigenvalue weighted by Crippen LogP contribution is 2.32. The van der Waals surface area contributed by atoms with Gasteiger partial charge in [0.1, 0.15) is 0 Å². The number of hydrogen-bond donors (Lipinski definition) is 1. The zero-order valence-electron chi connectivity index (χ0n) is 19.0. The maximum atomic E-state index is 13.0. The molecule has 188 valence electrons. The summed E-state index contributed by atoms with van der Waals surface area (Å²) in [6.07, 6.45) is -4.70. The van der Waals surface area contributed by atoms with Crippen LogP contribution in [-0.2, 0) is 16.2 Å². The second kappa shape index (κ2) is 9.82. The first-order valence-electron chi connectivity index (χ1n) is 10.6. The van der Waals surface area contributed by atoms with Crippen LogP contribution >= 0.6 is 11.6 Å². The van der Waals surface area contributed by atoms with Crippen molar-refractivity contribution in [2.45, 2.75) is 31.0 Å². The summed E-state index contributed by atoms with van der Waals surface area (Å²) in [6.45, 7) is 3.58. The van der Waals surface area contributed by atoms with E-state index in [9.17, 15) is 21.6 Å². The van der Waals surface area contributed by atoms with Crippen LogP contribution in [0.1, 0.15) is 19.4 Å². The van der Waals surface area contributed by atoms with Gasteiger partial charge in [-0.05, 0) is 74.5 Å². The minimum absolute atomic E-state index is 0.0484. The van der Waals surface area contributed by atoms with E-state index in [1.807, 2.05) is 0 Å². The van der Waals surface area contributed by atoms with Crippen LogP contribution in [0.15, 0.2) is 77.7 Å². The largest absolute Gasteiger partial charge is 0.460 e. The Morgan fingerprint density at radius 3 is 2.11 bits per heavy atom. The van der Waals surface area contributed by atoms with Crippen LogP contribution in [0.2, 0.25) is 5.02 Å². The van der Waals surface area contributed by atoms with Crippen LogP contribution < -0.4 is 9.46 Å². The third-order valence-corrected chi connectivity index (χ3v) is 6.54. The molecule has 0 unspecified atom stereocenters. The van der Waals surface area contributed by atoms with E-state index in [1.165, 1.54) is 53.2 Å². The lowest BCUT2D eigenvalue weighted by Crippen LogP contribution is -2.12. The topological polar surface area (TPSA) is 86.1 Å². The van der Waals surface area contributed by atoms with Crippen molar-refractivity contribution in [1.29, 1.82) is 0 Å². The van der Waals surface area contributed by atoms with Gasteiger partial charge in [0.25, 0.3) is 10.0 Å². The molecule has 0 atom stereocenters. The Morgan fingerprint density at radius 1 is 0.944 bits per heavy atom. The standard InChI is InChI=1S/C24H20ClF3N4O3S/c1-15(2)35-23-29-22(16-3-5-17(6-4-16)24(26,27)28)32(30-23)20-11-9-19(10-12-20)31-36(33,34)21-13-7-18(25)8-14-21/h3-15,31H,1-2H3. The number of alkyl halides is 3. The van der Waals surface area contributed by atoms with Crippen LogP contribution in [0.3, 0.4) is 0 Å². The number of nitrogens with one attached hydrogen (secondary N) is 1. The first-order valence-corrected chi connectivity index (χ1v) is 12.5. The smallest absolute Gasteiger partial charge is 0.416 e. The third-order valence-electron chi connectivity index (χ3n) is 4.89. The number of aromatic nitrogens is 3. The molecule has 0 fully saturated rings. The number of rotatable bonds is 7. The lowest BCUT2D eigenvalue weighted by molar-refractivity contribution is -0.137. The Hall–Kier alpha value is -3.57. The van der Waals surface area contributed by atoms with Gasteiger partial charge in [-0.3, -0.25) is 4.72 Å². The minimum Gasteiger partial charge on any atom is -0.460 e. The zero-order chi connectivity index (χ0) is 26.1. The van der Waals surface area contributed by atoms with Gasteiger partial charge < -0.3 is 4.74 Å². The van der Waals surface area contributed by atoms with Crippen molar-refractivity contribution in [2.24, 2.45) is 0 Å². The van der Waals surface area contributed by atoms with Gasteiger partial charge in [-0.1, -0.05) is 23.7 Å². The summed E-state index contributed by atoms with van der Waals surface area (Å²) in [7, 11) is -3.84. The van der Waals surface area contributed by atoms with Gasteiger partial charge >= 0.3 is 12.2 Å². The van der Waals surface area contributed by atoms with Crippen molar-refractivity contribution in [3.05, 3.63) is 83.4 Å². The molecule has 0 saturated carbocycles. The van der Waals surface area contributed by atoms with Crippen LogP contribution in [0.25, 0.3) is 17.1 Å². The number of hydrogen-bond acceptors (Lipinski definition) is 5. The van der Waals surface area contributed by atoms with Crippen LogP contribution in [0.5, 0.6) is 6.01 Å². The Morgan fingerprint density at radius 2 is 1.56 bits per heavy atom. The highest BCUT2D eigenvalue weighted by molar-refractivity contribution is 7.92. The predicted octanol–water partition coefficient (Wildman–Crippen LogP) is 6.19.